The summed E-state index contributed by atoms with van der Waals surface area (Å²) in [6.45, 7) is 0. The van der Waals surface area contributed by atoms with Crippen LogP contribution in [0.15, 0.2) is 42.5 Å². The maximum atomic E-state index is 12.1. The molecular weight excluding hydrogens is 312 g/mol. The lowest BCUT2D eigenvalue weighted by Gasteiger charge is -2.09. The lowest BCUT2D eigenvalue weighted by molar-refractivity contribution is 0.476. The topological polar surface area (TPSA) is 90.2 Å². The maximum absolute atomic E-state index is 12.1. The second-order valence-electron chi connectivity index (χ2n) is 4.30. The number of anilines is 1. The predicted octanol–water partition coefficient (Wildman–Crippen LogP) is 2.86. The van der Waals surface area contributed by atoms with Crippen molar-refractivity contribution in [2.45, 2.75) is 5.75 Å². The van der Waals surface area contributed by atoms with Crippen molar-refractivity contribution >= 4 is 27.3 Å². The Morgan fingerprint density at radius 2 is 1.95 bits per heavy atom. The van der Waals surface area contributed by atoms with Gasteiger partial charge in [-0.3, -0.25) is 4.72 Å². The quantitative estimate of drug-likeness (QED) is 0.905. The van der Waals surface area contributed by atoms with Gasteiger partial charge in [0, 0.05) is 6.07 Å². The van der Waals surface area contributed by atoms with Crippen LogP contribution < -0.4 is 4.72 Å². The van der Waals surface area contributed by atoms with E-state index in [9.17, 15) is 13.5 Å². The first-order chi connectivity index (χ1) is 9.91. The first-order valence-corrected chi connectivity index (χ1v) is 7.91. The van der Waals surface area contributed by atoms with E-state index in [1.165, 1.54) is 18.2 Å². The number of phenolic OH excluding ortho intramolecular Hbond substituents is 1. The molecule has 0 atom stereocenters. The Labute approximate surface area is 127 Å². The van der Waals surface area contributed by atoms with Crippen LogP contribution in [-0.4, -0.2) is 13.5 Å². The van der Waals surface area contributed by atoms with Gasteiger partial charge in [-0.15, -0.1) is 0 Å². The Morgan fingerprint density at radius 1 is 1.24 bits per heavy atom. The number of benzene rings is 2. The maximum Gasteiger partial charge on any atom is 0.236 e. The standard InChI is InChI=1S/C14H11ClN2O3S/c15-13-6-5-12(7-14(13)18)17-21(19,20)9-11-4-2-1-3-10(11)8-16/h1-7,17-18H,9H2. The van der Waals surface area contributed by atoms with Crippen molar-refractivity contribution in [3.8, 4) is 11.8 Å². The van der Waals surface area contributed by atoms with Crippen molar-refractivity contribution in [1.82, 2.24) is 0 Å². The van der Waals surface area contributed by atoms with Gasteiger partial charge in [-0.2, -0.15) is 5.26 Å². The molecule has 2 N–H and O–H groups in total. The van der Waals surface area contributed by atoms with Crippen LogP contribution in [0, 0.1) is 11.3 Å². The molecule has 0 fully saturated rings. The average molecular weight is 323 g/mol. The number of hydrogen-bond donors (Lipinski definition) is 2. The van der Waals surface area contributed by atoms with Crippen LogP contribution in [-0.2, 0) is 15.8 Å². The number of halogens is 1. The zero-order valence-corrected chi connectivity index (χ0v) is 12.3. The molecule has 2 aromatic carbocycles. The van der Waals surface area contributed by atoms with Gasteiger partial charge in [-0.1, -0.05) is 29.8 Å². The molecule has 21 heavy (non-hydrogen) atoms. The van der Waals surface area contributed by atoms with Crippen molar-refractivity contribution in [1.29, 1.82) is 5.26 Å². The van der Waals surface area contributed by atoms with Gasteiger partial charge in [-0.25, -0.2) is 8.42 Å². The Bertz CT molecular complexity index is 813. The summed E-state index contributed by atoms with van der Waals surface area (Å²) in [5.74, 6) is -0.547. The number of nitriles is 1. The first-order valence-electron chi connectivity index (χ1n) is 5.88. The number of hydrogen-bond acceptors (Lipinski definition) is 4. The lowest BCUT2D eigenvalue weighted by Crippen LogP contribution is -2.15. The zero-order valence-electron chi connectivity index (χ0n) is 10.7. The lowest BCUT2D eigenvalue weighted by atomic mass is 10.1. The number of sulfonamides is 1. The molecule has 0 saturated carbocycles. The summed E-state index contributed by atoms with van der Waals surface area (Å²) in [6.07, 6.45) is 0. The predicted molar refractivity (Wildman–Crippen MR) is 80.5 cm³/mol. The zero-order chi connectivity index (χ0) is 15.5. The Hall–Kier alpha value is -2.23. The molecule has 7 heteroatoms. The molecule has 0 aliphatic heterocycles. The average Bonchev–Trinajstić information content (AvgIpc) is 2.43. The number of aromatic hydroxyl groups is 1. The van der Waals surface area contributed by atoms with Crippen LogP contribution in [0.1, 0.15) is 11.1 Å². The number of nitrogens with zero attached hydrogens (tertiary/aromatic N) is 1. The molecule has 0 aliphatic carbocycles. The van der Waals surface area contributed by atoms with Crippen molar-refractivity contribution in [3.63, 3.8) is 0 Å². The van der Waals surface area contributed by atoms with Crippen molar-refractivity contribution in [2.75, 3.05) is 4.72 Å². The van der Waals surface area contributed by atoms with E-state index in [2.05, 4.69) is 4.72 Å². The smallest absolute Gasteiger partial charge is 0.236 e. The molecular formula is C14H11ClN2O3S. The van der Waals surface area contributed by atoms with E-state index in [1.807, 2.05) is 6.07 Å². The van der Waals surface area contributed by atoms with Gasteiger partial charge in [0.15, 0.2) is 0 Å². The third-order valence-electron chi connectivity index (χ3n) is 2.70. The van der Waals surface area contributed by atoms with Crippen LogP contribution in [0.3, 0.4) is 0 Å². The SMILES string of the molecule is N#Cc1ccccc1CS(=O)(=O)Nc1ccc(Cl)c(O)c1. The van der Waals surface area contributed by atoms with E-state index in [4.69, 9.17) is 16.9 Å². The fraction of sp³-hybridized carbons (Fsp3) is 0.0714. The molecule has 0 saturated heterocycles. The minimum Gasteiger partial charge on any atom is -0.506 e. The highest BCUT2D eigenvalue weighted by atomic mass is 35.5. The van der Waals surface area contributed by atoms with E-state index >= 15 is 0 Å². The molecule has 2 aromatic rings. The highest BCUT2D eigenvalue weighted by Crippen LogP contribution is 2.27. The van der Waals surface area contributed by atoms with Crippen LogP contribution in [0.4, 0.5) is 5.69 Å². The summed E-state index contributed by atoms with van der Waals surface area (Å²) in [7, 11) is -3.71. The molecule has 2 rings (SSSR count). The summed E-state index contributed by atoms with van der Waals surface area (Å²) >= 11 is 5.66. The van der Waals surface area contributed by atoms with Gasteiger partial charge < -0.3 is 5.11 Å². The summed E-state index contributed by atoms with van der Waals surface area (Å²) in [5.41, 5.74) is 0.916. The molecule has 0 aromatic heterocycles. The normalized spacial score (nSPS) is 10.9. The van der Waals surface area contributed by atoms with Gasteiger partial charge >= 0.3 is 0 Å². The Morgan fingerprint density at radius 3 is 2.62 bits per heavy atom. The van der Waals surface area contributed by atoms with Gasteiger partial charge in [0.2, 0.25) is 10.0 Å². The summed E-state index contributed by atoms with van der Waals surface area (Å²) < 4.78 is 26.5. The van der Waals surface area contributed by atoms with Crippen LogP contribution >= 0.6 is 11.6 Å². The second-order valence-corrected chi connectivity index (χ2v) is 6.43. The molecule has 0 amide bonds. The van der Waals surface area contributed by atoms with E-state index < -0.39 is 10.0 Å². The highest BCUT2D eigenvalue weighted by molar-refractivity contribution is 7.91. The molecule has 0 aliphatic rings. The number of phenols is 1. The third kappa shape index (κ3) is 3.88. The highest BCUT2D eigenvalue weighted by Gasteiger charge is 2.15. The molecule has 108 valence electrons. The van der Waals surface area contributed by atoms with Gasteiger partial charge in [-0.05, 0) is 23.8 Å². The largest absolute Gasteiger partial charge is 0.506 e. The first kappa shape index (κ1) is 15.2. The second kappa shape index (κ2) is 6.04. The van der Waals surface area contributed by atoms with Crippen LogP contribution in [0.2, 0.25) is 5.02 Å². The molecule has 0 radical (unpaired) electrons. The van der Waals surface area contributed by atoms with Crippen molar-refractivity contribution < 1.29 is 13.5 Å². The molecule has 0 spiro atoms. The van der Waals surface area contributed by atoms with Gasteiger partial charge in [0.1, 0.15) is 5.75 Å². The van der Waals surface area contributed by atoms with Crippen LogP contribution in [0.5, 0.6) is 5.75 Å². The van der Waals surface area contributed by atoms with E-state index in [-0.39, 0.29) is 22.2 Å². The number of rotatable bonds is 4. The van der Waals surface area contributed by atoms with Gasteiger partial charge in [0.25, 0.3) is 0 Å². The molecule has 5 nitrogen and oxygen atoms in total. The monoisotopic (exact) mass is 322 g/mol. The third-order valence-corrected chi connectivity index (χ3v) is 4.26. The van der Waals surface area contributed by atoms with Crippen molar-refractivity contribution in [2.24, 2.45) is 0 Å². The summed E-state index contributed by atoms with van der Waals surface area (Å²) in [5, 5.41) is 18.6. The summed E-state index contributed by atoms with van der Waals surface area (Å²) in [6, 6.07) is 12.5. The minimum absolute atomic E-state index is 0.132. The molecule has 0 unspecified atom stereocenters. The van der Waals surface area contributed by atoms with Crippen molar-refractivity contribution in [3.05, 3.63) is 58.6 Å². The molecule has 0 heterocycles. The molecule has 0 bridgehead atoms. The number of nitrogens with one attached hydrogen (secondary N) is 1. The fourth-order valence-corrected chi connectivity index (χ4v) is 3.09. The Balaban J connectivity index is 2.23. The van der Waals surface area contributed by atoms with E-state index in [0.717, 1.165) is 0 Å². The fourth-order valence-electron chi connectivity index (χ4n) is 1.75. The summed E-state index contributed by atoms with van der Waals surface area (Å²) in [4.78, 5) is 0. The van der Waals surface area contributed by atoms with E-state index in [1.54, 1.807) is 24.3 Å². The Kier molecular flexibility index (Phi) is 4.36. The van der Waals surface area contributed by atoms with Crippen LogP contribution in [0.25, 0.3) is 0 Å². The van der Waals surface area contributed by atoms with E-state index in [0.29, 0.717) is 11.1 Å². The minimum atomic E-state index is -3.71. The van der Waals surface area contributed by atoms with Gasteiger partial charge in [0.05, 0.1) is 28.1 Å².